The quantitative estimate of drug-likeness (QED) is 0.669. The van der Waals surface area contributed by atoms with Crippen LogP contribution in [0.25, 0.3) is 5.65 Å². The average Bonchev–Trinajstić information content (AvgIpc) is 2.76. The standard InChI is InChI=1S/C23H26N4O3/c1-15-20(26-12-6-3-7-13-26)25-21-17(10-8-14-27(21)22(15)28)16(2)24-19-11-5-4-9-18(19)23(29)30/h4-5,8-11,14,16,24H,3,6-7,12-13H2,1-2H3,(H,29,30). The summed E-state index contributed by atoms with van der Waals surface area (Å²) in [6.07, 6.45) is 5.15. The van der Waals surface area contributed by atoms with Gasteiger partial charge in [0.2, 0.25) is 0 Å². The van der Waals surface area contributed by atoms with Gasteiger partial charge in [0, 0.05) is 30.5 Å². The number of hydrogen-bond acceptors (Lipinski definition) is 5. The molecule has 1 aliphatic rings. The van der Waals surface area contributed by atoms with Crippen LogP contribution in [0.5, 0.6) is 0 Å². The second-order valence-electron chi connectivity index (χ2n) is 7.79. The van der Waals surface area contributed by atoms with Crippen molar-refractivity contribution in [3.8, 4) is 0 Å². The Kier molecular flexibility index (Phi) is 5.44. The molecule has 0 radical (unpaired) electrons. The highest BCUT2D eigenvalue weighted by Crippen LogP contribution is 2.27. The molecule has 156 valence electrons. The largest absolute Gasteiger partial charge is 0.478 e. The van der Waals surface area contributed by atoms with E-state index < -0.39 is 5.97 Å². The van der Waals surface area contributed by atoms with Gasteiger partial charge in [-0.25, -0.2) is 9.78 Å². The van der Waals surface area contributed by atoms with E-state index in [-0.39, 0.29) is 17.2 Å². The fourth-order valence-corrected chi connectivity index (χ4v) is 4.12. The minimum absolute atomic E-state index is 0.0689. The van der Waals surface area contributed by atoms with E-state index in [9.17, 15) is 14.7 Å². The van der Waals surface area contributed by atoms with Crippen LogP contribution in [-0.4, -0.2) is 33.6 Å². The Labute approximate surface area is 175 Å². The molecular weight excluding hydrogens is 380 g/mol. The van der Waals surface area contributed by atoms with Gasteiger partial charge in [0.1, 0.15) is 11.5 Å². The third-order valence-corrected chi connectivity index (χ3v) is 5.74. The molecule has 1 unspecified atom stereocenters. The van der Waals surface area contributed by atoms with E-state index in [1.807, 2.05) is 26.0 Å². The molecule has 3 aromatic rings. The minimum atomic E-state index is -0.986. The zero-order valence-electron chi connectivity index (χ0n) is 17.3. The second kappa shape index (κ2) is 8.18. The van der Waals surface area contributed by atoms with Crippen LogP contribution >= 0.6 is 0 Å². The fraction of sp³-hybridized carbons (Fsp3) is 0.348. The van der Waals surface area contributed by atoms with Crippen molar-refractivity contribution in [2.24, 2.45) is 0 Å². The van der Waals surface area contributed by atoms with Crippen LogP contribution in [-0.2, 0) is 0 Å². The highest BCUT2D eigenvalue weighted by atomic mass is 16.4. The van der Waals surface area contributed by atoms with Crippen molar-refractivity contribution in [1.29, 1.82) is 0 Å². The van der Waals surface area contributed by atoms with Crippen LogP contribution in [0.15, 0.2) is 47.4 Å². The third kappa shape index (κ3) is 3.63. The number of aromatic carboxylic acids is 1. The zero-order valence-corrected chi connectivity index (χ0v) is 17.3. The first-order valence-corrected chi connectivity index (χ1v) is 10.3. The lowest BCUT2D eigenvalue weighted by atomic mass is 10.1. The fourth-order valence-electron chi connectivity index (χ4n) is 4.12. The molecule has 2 aromatic heterocycles. The van der Waals surface area contributed by atoms with Gasteiger partial charge in [0.05, 0.1) is 17.2 Å². The summed E-state index contributed by atoms with van der Waals surface area (Å²) in [7, 11) is 0. The van der Waals surface area contributed by atoms with Crippen molar-refractivity contribution >= 4 is 23.1 Å². The predicted molar refractivity (Wildman–Crippen MR) is 118 cm³/mol. The highest BCUT2D eigenvalue weighted by Gasteiger charge is 2.21. The first kappa shape index (κ1) is 19.9. The number of fused-ring (bicyclic) bond motifs is 1. The molecule has 4 rings (SSSR count). The van der Waals surface area contributed by atoms with Gasteiger partial charge in [-0.3, -0.25) is 9.20 Å². The molecule has 1 atom stereocenters. The molecule has 1 aromatic carbocycles. The summed E-state index contributed by atoms with van der Waals surface area (Å²) in [5, 5.41) is 12.7. The van der Waals surface area contributed by atoms with E-state index >= 15 is 0 Å². The number of para-hydroxylation sites is 1. The van der Waals surface area contributed by atoms with Crippen molar-refractivity contribution in [1.82, 2.24) is 9.38 Å². The summed E-state index contributed by atoms with van der Waals surface area (Å²) in [5.74, 6) is -0.231. The highest BCUT2D eigenvalue weighted by molar-refractivity contribution is 5.94. The molecule has 30 heavy (non-hydrogen) atoms. The molecular formula is C23H26N4O3. The van der Waals surface area contributed by atoms with Crippen LogP contribution in [0.1, 0.15) is 53.7 Å². The number of nitrogens with one attached hydrogen (secondary N) is 1. The Balaban J connectivity index is 1.78. The first-order chi connectivity index (χ1) is 14.5. The number of benzene rings is 1. The molecule has 1 aliphatic heterocycles. The molecule has 2 N–H and O–H groups in total. The Morgan fingerprint density at radius 1 is 1.13 bits per heavy atom. The summed E-state index contributed by atoms with van der Waals surface area (Å²) in [5.41, 5.74) is 2.77. The van der Waals surface area contributed by atoms with Crippen LogP contribution in [0.2, 0.25) is 0 Å². The van der Waals surface area contributed by atoms with Crippen molar-refractivity contribution in [3.05, 3.63) is 69.6 Å². The van der Waals surface area contributed by atoms with E-state index in [0.29, 0.717) is 16.9 Å². The molecule has 1 saturated heterocycles. The molecule has 7 nitrogen and oxygen atoms in total. The SMILES string of the molecule is Cc1c(N2CCCCC2)nc2c(C(C)Nc3ccccc3C(=O)O)cccn2c1=O. The van der Waals surface area contributed by atoms with Gasteiger partial charge in [0.25, 0.3) is 5.56 Å². The molecule has 0 saturated carbocycles. The van der Waals surface area contributed by atoms with E-state index in [1.54, 1.807) is 34.9 Å². The maximum absolute atomic E-state index is 13.1. The normalized spacial score (nSPS) is 15.2. The van der Waals surface area contributed by atoms with Crippen molar-refractivity contribution < 1.29 is 9.90 Å². The Morgan fingerprint density at radius 2 is 1.87 bits per heavy atom. The van der Waals surface area contributed by atoms with Gasteiger partial charge in [-0.2, -0.15) is 0 Å². The van der Waals surface area contributed by atoms with Crippen LogP contribution < -0.4 is 15.8 Å². The van der Waals surface area contributed by atoms with Gasteiger partial charge < -0.3 is 15.3 Å². The number of carboxylic acid groups (broad SMARTS) is 1. The number of pyridine rings is 1. The van der Waals surface area contributed by atoms with Crippen LogP contribution in [0, 0.1) is 6.92 Å². The molecule has 7 heteroatoms. The molecule has 0 aliphatic carbocycles. The number of piperidine rings is 1. The lowest BCUT2D eigenvalue weighted by Crippen LogP contribution is -2.33. The number of carboxylic acids is 1. The number of aromatic nitrogens is 2. The monoisotopic (exact) mass is 406 g/mol. The van der Waals surface area contributed by atoms with Gasteiger partial charge in [-0.15, -0.1) is 0 Å². The molecule has 0 amide bonds. The number of rotatable bonds is 5. The Morgan fingerprint density at radius 3 is 2.60 bits per heavy atom. The summed E-state index contributed by atoms with van der Waals surface area (Å²) in [6, 6.07) is 10.3. The summed E-state index contributed by atoms with van der Waals surface area (Å²) in [6.45, 7) is 5.60. The van der Waals surface area contributed by atoms with Crippen molar-refractivity contribution in [3.63, 3.8) is 0 Å². The van der Waals surface area contributed by atoms with Crippen LogP contribution in [0.4, 0.5) is 11.5 Å². The van der Waals surface area contributed by atoms with Crippen molar-refractivity contribution in [2.45, 2.75) is 39.2 Å². The Bertz CT molecular complexity index is 1150. The van der Waals surface area contributed by atoms with Crippen molar-refractivity contribution in [2.75, 3.05) is 23.3 Å². The van der Waals surface area contributed by atoms with E-state index in [1.165, 1.54) is 6.42 Å². The summed E-state index contributed by atoms with van der Waals surface area (Å²) >= 11 is 0. The van der Waals surface area contributed by atoms with Crippen LogP contribution in [0.3, 0.4) is 0 Å². The zero-order chi connectivity index (χ0) is 21.3. The smallest absolute Gasteiger partial charge is 0.337 e. The van der Waals surface area contributed by atoms with Gasteiger partial charge >= 0.3 is 5.97 Å². The minimum Gasteiger partial charge on any atom is -0.478 e. The maximum Gasteiger partial charge on any atom is 0.337 e. The van der Waals surface area contributed by atoms with E-state index in [2.05, 4.69) is 10.2 Å². The van der Waals surface area contributed by atoms with Gasteiger partial charge in [-0.05, 0) is 51.3 Å². The number of anilines is 2. The van der Waals surface area contributed by atoms with E-state index in [4.69, 9.17) is 4.98 Å². The summed E-state index contributed by atoms with van der Waals surface area (Å²) < 4.78 is 1.58. The molecule has 0 bridgehead atoms. The molecule has 3 heterocycles. The third-order valence-electron chi connectivity index (χ3n) is 5.74. The average molecular weight is 406 g/mol. The number of carbonyl (C=O) groups is 1. The maximum atomic E-state index is 13.1. The number of hydrogen-bond donors (Lipinski definition) is 2. The van der Waals surface area contributed by atoms with Gasteiger partial charge in [-0.1, -0.05) is 18.2 Å². The van der Waals surface area contributed by atoms with Gasteiger partial charge in [0.15, 0.2) is 0 Å². The summed E-state index contributed by atoms with van der Waals surface area (Å²) in [4.78, 5) is 31.7. The predicted octanol–water partition coefficient (Wildman–Crippen LogP) is 3.86. The molecule has 0 spiro atoms. The second-order valence-corrected chi connectivity index (χ2v) is 7.79. The topological polar surface area (TPSA) is 86.9 Å². The Hall–Kier alpha value is -3.35. The molecule has 1 fully saturated rings. The lowest BCUT2D eigenvalue weighted by Gasteiger charge is -2.29. The van der Waals surface area contributed by atoms with E-state index in [0.717, 1.165) is 37.3 Å². The first-order valence-electron chi connectivity index (χ1n) is 10.3. The lowest BCUT2D eigenvalue weighted by molar-refractivity contribution is 0.0698. The number of nitrogens with zero attached hydrogens (tertiary/aromatic N) is 3.